The summed E-state index contributed by atoms with van der Waals surface area (Å²) in [4.78, 5) is 11.9. The number of benzene rings is 2. The lowest BCUT2D eigenvalue weighted by Gasteiger charge is -2.03. The van der Waals surface area contributed by atoms with E-state index < -0.39 is 0 Å². The van der Waals surface area contributed by atoms with Crippen LogP contribution in [0.3, 0.4) is 0 Å². The molecule has 2 aromatic rings. The van der Waals surface area contributed by atoms with Crippen molar-refractivity contribution in [2.75, 3.05) is 0 Å². The van der Waals surface area contributed by atoms with Gasteiger partial charge in [0.25, 0.3) is 5.91 Å². The first-order chi connectivity index (χ1) is 9.58. The Morgan fingerprint density at radius 3 is 2.70 bits per heavy atom. The fraction of sp³-hybridized carbons (Fsp3) is 0.125. The summed E-state index contributed by atoms with van der Waals surface area (Å²) in [5, 5.41) is 4.39. The van der Waals surface area contributed by atoms with E-state index in [1.54, 1.807) is 30.5 Å². The lowest BCUT2D eigenvalue weighted by molar-refractivity contribution is 0.0955. The van der Waals surface area contributed by atoms with Crippen molar-refractivity contribution in [2.45, 2.75) is 13.8 Å². The van der Waals surface area contributed by atoms with Gasteiger partial charge in [-0.1, -0.05) is 47.5 Å². The maximum atomic E-state index is 11.9. The molecule has 1 amide bonds. The van der Waals surface area contributed by atoms with Crippen molar-refractivity contribution in [3.63, 3.8) is 0 Å². The second kappa shape index (κ2) is 6.35. The Bertz CT molecular complexity index is 665. The standard InChI is InChI=1S/C16H15ClN2O/c1-11-7-8-12(2)13(9-11)10-18-19-16(20)14-5-3-4-6-15(14)17/h3-10H,1-2H3,(H,19,20)/b18-10+. The molecule has 2 aromatic carbocycles. The Kier molecular flexibility index (Phi) is 4.53. The third kappa shape index (κ3) is 3.45. The molecule has 2 rings (SSSR count). The molecule has 0 fully saturated rings. The van der Waals surface area contributed by atoms with Gasteiger partial charge < -0.3 is 0 Å². The van der Waals surface area contributed by atoms with Crippen LogP contribution in [0.15, 0.2) is 47.6 Å². The Morgan fingerprint density at radius 1 is 1.20 bits per heavy atom. The number of hydrogen-bond donors (Lipinski definition) is 1. The van der Waals surface area contributed by atoms with Gasteiger partial charge in [-0.15, -0.1) is 0 Å². The molecule has 0 heterocycles. The van der Waals surface area contributed by atoms with E-state index in [4.69, 9.17) is 11.6 Å². The predicted octanol–water partition coefficient (Wildman–Crippen LogP) is 3.72. The summed E-state index contributed by atoms with van der Waals surface area (Å²) in [7, 11) is 0. The van der Waals surface area contributed by atoms with Crippen molar-refractivity contribution < 1.29 is 4.79 Å². The summed E-state index contributed by atoms with van der Waals surface area (Å²) in [5.41, 5.74) is 6.12. The minimum atomic E-state index is -0.322. The van der Waals surface area contributed by atoms with Gasteiger partial charge in [0.15, 0.2) is 0 Å². The molecule has 0 spiro atoms. The Hall–Kier alpha value is -2.13. The van der Waals surface area contributed by atoms with Crippen LogP contribution in [0.5, 0.6) is 0 Å². The van der Waals surface area contributed by atoms with Gasteiger partial charge in [-0.3, -0.25) is 4.79 Å². The van der Waals surface area contributed by atoms with Gasteiger partial charge in [0, 0.05) is 0 Å². The zero-order valence-electron chi connectivity index (χ0n) is 11.4. The van der Waals surface area contributed by atoms with E-state index in [9.17, 15) is 4.79 Å². The fourth-order valence-electron chi connectivity index (χ4n) is 1.77. The first-order valence-electron chi connectivity index (χ1n) is 6.23. The van der Waals surface area contributed by atoms with E-state index in [-0.39, 0.29) is 5.91 Å². The van der Waals surface area contributed by atoms with E-state index in [0.717, 1.165) is 16.7 Å². The van der Waals surface area contributed by atoms with Crippen LogP contribution in [0.1, 0.15) is 27.0 Å². The smallest absolute Gasteiger partial charge is 0.267 e. The second-order valence-electron chi connectivity index (χ2n) is 4.54. The Morgan fingerprint density at radius 2 is 1.95 bits per heavy atom. The number of nitrogens with one attached hydrogen (secondary N) is 1. The third-order valence-electron chi connectivity index (χ3n) is 2.92. The van der Waals surface area contributed by atoms with Crippen LogP contribution in [0, 0.1) is 13.8 Å². The molecule has 0 saturated carbocycles. The third-order valence-corrected chi connectivity index (χ3v) is 3.25. The van der Waals surface area contributed by atoms with Gasteiger partial charge in [0.05, 0.1) is 16.8 Å². The summed E-state index contributed by atoms with van der Waals surface area (Å²) >= 11 is 5.95. The van der Waals surface area contributed by atoms with Crippen molar-refractivity contribution in [1.82, 2.24) is 5.43 Å². The van der Waals surface area contributed by atoms with Gasteiger partial charge in [0.1, 0.15) is 0 Å². The van der Waals surface area contributed by atoms with Crippen LogP contribution in [0.2, 0.25) is 5.02 Å². The van der Waals surface area contributed by atoms with Crippen LogP contribution in [-0.2, 0) is 0 Å². The lowest BCUT2D eigenvalue weighted by Crippen LogP contribution is -2.18. The first-order valence-corrected chi connectivity index (χ1v) is 6.61. The molecule has 0 aliphatic heterocycles. The average molecular weight is 287 g/mol. The lowest BCUT2D eigenvalue weighted by atomic mass is 10.1. The van der Waals surface area contributed by atoms with Gasteiger partial charge >= 0.3 is 0 Å². The van der Waals surface area contributed by atoms with E-state index >= 15 is 0 Å². The molecule has 0 atom stereocenters. The van der Waals surface area contributed by atoms with Crippen molar-refractivity contribution >= 4 is 23.7 Å². The highest BCUT2D eigenvalue weighted by atomic mass is 35.5. The zero-order valence-corrected chi connectivity index (χ0v) is 12.1. The fourth-order valence-corrected chi connectivity index (χ4v) is 1.99. The highest BCUT2D eigenvalue weighted by molar-refractivity contribution is 6.33. The quantitative estimate of drug-likeness (QED) is 0.678. The summed E-state index contributed by atoms with van der Waals surface area (Å²) in [5.74, 6) is -0.322. The number of halogens is 1. The van der Waals surface area contributed by atoms with Crippen LogP contribution in [0.25, 0.3) is 0 Å². The van der Waals surface area contributed by atoms with Crippen LogP contribution in [0.4, 0.5) is 0 Å². The van der Waals surface area contributed by atoms with Crippen molar-refractivity contribution in [3.05, 3.63) is 69.7 Å². The van der Waals surface area contributed by atoms with E-state index in [0.29, 0.717) is 10.6 Å². The average Bonchev–Trinajstić information content (AvgIpc) is 2.43. The molecule has 1 N–H and O–H groups in total. The van der Waals surface area contributed by atoms with E-state index in [1.807, 2.05) is 32.0 Å². The molecule has 0 saturated heterocycles. The summed E-state index contributed by atoms with van der Waals surface area (Å²) in [6.45, 7) is 4.01. The largest absolute Gasteiger partial charge is 0.272 e. The summed E-state index contributed by atoms with van der Waals surface area (Å²) < 4.78 is 0. The second-order valence-corrected chi connectivity index (χ2v) is 4.95. The molecule has 0 aliphatic carbocycles. The van der Waals surface area contributed by atoms with Crippen LogP contribution < -0.4 is 5.43 Å². The molecular formula is C16H15ClN2O. The number of hydrogen-bond acceptors (Lipinski definition) is 2. The van der Waals surface area contributed by atoms with Gasteiger partial charge in [-0.2, -0.15) is 5.10 Å². The molecule has 0 aliphatic rings. The molecule has 0 unspecified atom stereocenters. The van der Waals surface area contributed by atoms with Crippen molar-refractivity contribution in [3.8, 4) is 0 Å². The van der Waals surface area contributed by atoms with Crippen molar-refractivity contribution in [1.29, 1.82) is 0 Å². The number of rotatable bonds is 3. The van der Waals surface area contributed by atoms with Crippen LogP contribution >= 0.6 is 11.6 Å². The highest BCUT2D eigenvalue weighted by Crippen LogP contribution is 2.14. The summed E-state index contributed by atoms with van der Waals surface area (Å²) in [6, 6.07) is 12.9. The maximum Gasteiger partial charge on any atom is 0.272 e. The normalized spacial score (nSPS) is 10.8. The predicted molar refractivity (Wildman–Crippen MR) is 82.4 cm³/mol. The number of amides is 1. The Balaban J connectivity index is 2.09. The molecular weight excluding hydrogens is 272 g/mol. The van der Waals surface area contributed by atoms with Crippen LogP contribution in [-0.4, -0.2) is 12.1 Å². The van der Waals surface area contributed by atoms with Gasteiger partial charge in [-0.05, 0) is 37.1 Å². The monoisotopic (exact) mass is 286 g/mol. The first kappa shape index (κ1) is 14.3. The van der Waals surface area contributed by atoms with Crippen molar-refractivity contribution in [2.24, 2.45) is 5.10 Å². The number of carbonyl (C=O) groups is 1. The SMILES string of the molecule is Cc1ccc(C)c(/C=N/NC(=O)c2ccccc2Cl)c1. The van der Waals surface area contributed by atoms with E-state index in [1.165, 1.54) is 0 Å². The number of hydrazone groups is 1. The molecule has 0 aromatic heterocycles. The number of nitrogens with zero attached hydrogens (tertiary/aromatic N) is 1. The minimum absolute atomic E-state index is 0.322. The maximum absolute atomic E-state index is 11.9. The number of carbonyl (C=O) groups excluding carboxylic acids is 1. The number of aryl methyl sites for hydroxylation is 2. The molecule has 3 nitrogen and oxygen atoms in total. The molecule has 20 heavy (non-hydrogen) atoms. The van der Waals surface area contributed by atoms with Gasteiger partial charge in [-0.25, -0.2) is 5.43 Å². The topological polar surface area (TPSA) is 41.5 Å². The zero-order chi connectivity index (χ0) is 14.5. The Labute approximate surface area is 123 Å². The molecule has 4 heteroatoms. The summed E-state index contributed by atoms with van der Waals surface area (Å²) in [6.07, 6.45) is 1.64. The minimum Gasteiger partial charge on any atom is -0.267 e. The van der Waals surface area contributed by atoms with E-state index in [2.05, 4.69) is 10.5 Å². The molecule has 0 bridgehead atoms. The molecule has 102 valence electrons. The highest BCUT2D eigenvalue weighted by Gasteiger charge is 2.07. The molecule has 0 radical (unpaired) electrons. The van der Waals surface area contributed by atoms with Gasteiger partial charge in [0.2, 0.25) is 0 Å².